The van der Waals surface area contributed by atoms with E-state index in [9.17, 15) is 0 Å². The van der Waals surface area contributed by atoms with Gasteiger partial charge in [-0.15, -0.1) is 0 Å². The Kier molecular flexibility index (Phi) is 7.24. The fourth-order valence-corrected chi connectivity index (χ4v) is 0. The average molecular weight is 368 g/mol. The molecule has 0 fully saturated rings. The van der Waals surface area contributed by atoms with Gasteiger partial charge in [-0.2, -0.15) is 0 Å². The van der Waals surface area contributed by atoms with E-state index in [-0.39, 0.29) is 0 Å². The molecule has 0 aromatic heterocycles. The maximum absolute atomic E-state index is 2.27. The van der Waals surface area contributed by atoms with Crippen LogP contribution in [-0.4, -0.2) is 0 Å². The Morgan fingerprint density at radius 2 is 0.700 bits per heavy atom. The first-order valence-electron chi connectivity index (χ1n) is 3.39. The highest BCUT2D eigenvalue weighted by molar-refractivity contribution is 15.0. The standard InChI is InChI=1S/C8H18.I2/c1-7(2,3)8(4,5)6;1-2/h1-6H3;. The monoisotopic (exact) mass is 368 g/mol. The van der Waals surface area contributed by atoms with E-state index in [1.165, 1.54) is 0 Å². The van der Waals surface area contributed by atoms with Crippen molar-refractivity contribution in [1.82, 2.24) is 0 Å². The summed E-state index contributed by atoms with van der Waals surface area (Å²) in [6.07, 6.45) is 0. The molecule has 0 amide bonds. The minimum absolute atomic E-state index is 0.437. The van der Waals surface area contributed by atoms with Gasteiger partial charge in [-0.3, -0.25) is 0 Å². The van der Waals surface area contributed by atoms with E-state index in [0.717, 1.165) is 0 Å². The van der Waals surface area contributed by atoms with E-state index >= 15 is 0 Å². The van der Waals surface area contributed by atoms with Crippen LogP contribution >= 0.6 is 37.2 Å². The van der Waals surface area contributed by atoms with E-state index in [2.05, 4.69) is 78.8 Å². The quantitative estimate of drug-likeness (QED) is 0.537. The van der Waals surface area contributed by atoms with Crippen LogP contribution in [0.5, 0.6) is 0 Å². The zero-order valence-electron chi connectivity index (χ0n) is 7.76. The fourth-order valence-electron chi connectivity index (χ4n) is 0. The molecule has 0 aliphatic carbocycles. The van der Waals surface area contributed by atoms with Crippen LogP contribution in [0.15, 0.2) is 0 Å². The summed E-state index contributed by atoms with van der Waals surface area (Å²) in [6.45, 7) is 13.6. The van der Waals surface area contributed by atoms with E-state index in [1.807, 2.05) is 0 Å². The van der Waals surface area contributed by atoms with Crippen LogP contribution in [0.4, 0.5) is 0 Å². The molecule has 0 N–H and O–H groups in total. The normalized spacial score (nSPS) is 12.0. The van der Waals surface area contributed by atoms with Gasteiger partial charge in [0.05, 0.1) is 0 Å². The molecular formula is C8H18I2. The van der Waals surface area contributed by atoms with E-state index in [1.54, 1.807) is 0 Å². The van der Waals surface area contributed by atoms with Gasteiger partial charge in [0.1, 0.15) is 0 Å². The molecule has 10 heavy (non-hydrogen) atoms. The highest BCUT2D eigenvalue weighted by Crippen LogP contribution is 2.36. The van der Waals surface area contributed by atoms with Crippen molar-refractivity contribution in [3.63, 3.8) is 0 Å². The lowest BCUT2D eigenvalue weighted by Crippen LogP contribution is -2.25. The Labute approximate surface area is 88.9 Å². The predicted molar refractivity (Wildman–Crippen MR) is 67.0 cm³/mol. The van der Waals surface area contributed by atoms with Crippen LogP contribution < -0.4 is 0 Å². The van der Waals surface area contributed by atoms with Crippen molar-refractivity contribution in [2.24, 2.45) is 10.8 Å². The van der Waals surface area contributed by atoms with Crippen LogP contribution in [0.1, 0.15) is 41.5 Å². The van der Waals surface area contributed by atoms with Gasteiger partial charge in [0.25, 0.3) is 0 Å². The van der Waals surface area contributed by atoms with E-state index in [4.69, 9.17) is 0 Å². The first-order chi connectivity index (χ1) is 4.25. The fraction of sp³-hybridized carbons (Fsp3) is 1.00. The average Bonchev–Trinajstić information content (AvgIpc) is 1.66. The molecule has 0 aromatic carbocycles. The maximum atomic E-state index is 2.27. The minimum atomic E-state index is 0.437. The molecule has 0 aromatic rings. The lowest BCUT2D eigenvalue weighted by Gasteiger charge is -2.34. The largest absolute Gasteiger partial charge is 0.0597 e. The molecule has 0 radical (unpaired) electrons. The van der Waals surface area contributed by atoms with Crippen LogP contribution in [0.3, 0.4) is 0 Å². The van der Waals surface area contributed by atoms with E-state index in [0.29, 0.717) is 10.8 Å². The second-order valence-corrected chi connectivity index (χ2v) is 4.50. The third-order valence-electron chi connectivity index (χ3n) is 2.25. The molecule has 0 unspecified atom stereocenters. The number of rotatable bonds is 0. The lowest BCUT2D eigenvalue weighted by molar-refractivity contribution is 0.157. The second kappa shape index (κ2) is 5.17. The van der Waals surface area contributed by atoms with Crippen molar-refractivity contribution in [3.05, 3.63) is 0 Å². The maximum Gasteiger partial charge on any atom is 0 e. The Hall–Kier alpha value is 1.46. The highest BCUT2D eigenvalue weighted by Gasteiger charge is 2.26. The Morgan fingerprint density at radius 1 is 0.600 bits per heavy atom. The smallest absolute Gasteiger partial charge is 0 e. The predicted octanol–water partition coefficient (Wildman–Crippen LogP) is 4.85. The molecule has 0 atom stereocenters. The van der Waals surface area contributed by atoms with Gasteiger partial charge >= 0.3 is 0 Å². The SMILES string of the molecule is CC(C)(C)C(C)(C)C.II. The lowest BCUT2D eigenvalue weighted by atomic mass is 9.71. The second-order valence-electron chi connectivity index (χ2n) is 4.50. The van der Waals surface area contributed by atoms with Gasteiger partial charge in [-0.05, 0) is 10.8 Å². The number of hydrogen-bond acceptors (Lipinski definition) is 0. The van der Waals surface area contributed by atoms with Gasteiger partial charge in [0, 0.05) is 37.2 Å². The molecule has 0 saturated carbocycles. The molecule has 0 nitrogen and oxygen atoms in total. The summed E-state index contributed by atoms with van der Waals surface area (Å²) in [5.74, 6) is 0. The van der Waals surface area contributed by atoms with Gasteiger partial charge in [0.15, 0.2) is 0 Å². The van der Waals surface area contributed by atoms with Crippen LogP contribution in [0, 0.1) is 10.8 Å². The topological polar surface area (TPSA) is 0 Å². The molecule has 0 bridgehead atoms. The molecule has 0 aliphatic rings. The van der Waals surface area contributed by atoms with Crippen molar-refractivity contribution in [2.75, 3.05) is 0 Å². The van der Waals surface area contributed by atoms with Gasteiger partial charge in [0.2, 0.25) is 0 Å². The molecule has 0 rings (SSSR count). The molecule has 0 spiro atoms. The van der Waals surface area contributed by atoms with Crippen LogP contribution in [0.2, 0.25) is 0 Å². The van der Waals surface area contributed by atoms with Crippen LogP contribution in [0.25, 0.3) is 0 Å². The molecule has 0 aliphatic heterocycles. The summed E-state index contributed by atoms with van der Waals surface area (Å²) < 4.78 is 0. The first kappa shape index (κ1) is 14.0. The molecule has 0 heterocycles. The Morgan fingerprint density at radius 3 is 0.700 bits per heavy atom. The zero-order valence-corrected chi connectivity index (χ0v) is 12.1. The Balaban J connectivity index is 0. The summed E-state index contributed by atoms with van der Waals surface area (Å²) >= 11 is 4.24. The Bertz CT molecular complexity index is 62.2. The molecular weight excluding hydrogens is 350 g/mol. The van der Waals surface area contributed by atoms with Crippen molar-refractivity contribution in [1.29, 1.82) is 0 Å². The molecule has 2 heteroatoms. The number of hydrogen-bond donors (Lipinski definition) is 0. The molecule has 64 valence electrons. The van der Waals surface area contributed by atoms with Crippen molar-refractivity contribution >= 4 is 37.2 Å². The van der Waals surface area contributed by atoms with Gasteiger partial charge in [-0.25, -0.2) is 0 Å². The zero-order chi connectivity index (χ0) is 9.00. The van der Waals surface area contributed by atoms with Crippen LogP contribution in [-0.2, 0) is 0 Å². The summed E-state index contributed by atoms with van der Waals surface area (Å²) in [6, 6.07) is 0. The van der Waals surface area contributed by atoms with E-state index < -0.39 is 0 Å². The van der Waals surface area contributed by atoms with Gasteiger partial charge in [-0.1, -0.05) is 41.5 Å². The van der Waals surface area contributed by atoms with Crippen molar-refractivity contribution < 1.29 is 0 Å². The first-order valence-corrected chi connectivity index (χ1v) is 9.68. The summed E-state index contributed by atoms with van der Waals surface area (Å²) in [5, 5.41) is 0. The van der Waals surface area contributed by atoms with Crippen molar-refractivity contribution in [2.45, 2.75) is 41.5 Å². The summed E-state index contributed by atoms with van der Waals surface area (Å²) in [5.41, 5.74) is 0.875. The van der Waals surface area contributed by atoms with Crippen molar-refractivity contribution in [3.8, 4) is 0 Å². The molecule has 0 saturated heterocycles. The van der Waals surface area contributed by atoms with Gasteiger partial charge < -0.3 is 0 Å². The minimum Gasteiger partial charge on any atom is -0.0597 e. The highest BCUT2D eigenvalue weighted by atomic mass is 128. The summed E-state index contributed by atoms with van der Waals surface area (Å²) in [7, 11) is 0. The third kappa shape index (κ3) is 6.19. The number of halogens is 2. The summed E-state index contributed by atoms with van der Waals surface area (Å²) in [4.78, 5) is 0. The third-order valence-corrected chi connectivity index (χ3v) is 2.25.